The van der Waals surface area contributed by atoms with Crippen LogP contribution in [0.2, 0.25) is 0 Å². The van der Waals surface area contributed by atoms with Crippen molar-refractivity contribution >= 4 is 11.8 Å². The number of carbonyl (C=O) groups excluding carboxylic acids is 2. The number of fused-ring (bicyclic) bond motifs is 1. The first-order valence-electron chi connectivity index (χ1n) is 9.38. The van der Waals surface area contributed by atoms with E-state index in [0.29, 0.717) is 17.7 Å². The Bertz CT molecular complexity index is 896. The molecule has 0 aliphatic carbocycles. The summed E-state index contributed by atoms with van der Waals surface area (Å²) < 4.78 is 1.90. The molecule has 2 aromatic rings. The van der Waals surface area contributed by atoms with Crippen molar-refractivity contribution in [2.24, 2.45) is 12.8 Å². The number of benzene rings is 1. The average Bonchev–Trinajstić information content (AvgIpc) is 3.16. The van der Waals surface area contributed by atoms with Crippen molar-refractivity contribution in [2.75, 3.05) is 13.1 Å². The Hall–Kier alpha value is -2.67. The van der Waals surface area contributed by atoms with Gasteiger partial charge in [-0.3, -0.25) is 19.2 Å². The van der Waals surface area contributed by atoms with Gasteiger partial charge in [0.25, 0.3) is 5.91 Å². The molecule has 0 radical (unpaired) electrons. The van der Waals surface area contributed by atoms with Crippen molar-refractivity contribution in [3.05, 3.63) is 52.3 Å². The lowest BCUT2D eigenvalue weighted by Crippen LogP contribution is -2.44. The molecule has 1 saturated heterocycles. The Kier molecular flexibility index (Phi) is 4.47. The highest BCUT2D eigenvalue weighted by atomic mass is 16.2. The van der Waals surface area contributed by atoms with Crippen molar-refractivity contribution in [1.29, 1.82) is 0 Å². The van der Waals surface area contributed by atoms with Crippen LogP contribution >= 0.6 is 0 Å². The molecule has 7 heteroatoms. The fraction of sp³-hybridized carbons (Fsp3) is 0.450. The van der Waals surface area contributed by atoms with E-state index in [9.17, 15) is 9.59 Å². The van der Waals surface area contributed by atoms with Crippen molar-refractivity contribution in [2.45, 2.75) is 38.9 Å². The molecule has 2 N–H and O–H groups in total. The number of nitrogens with zero attached hydrogens (tertiary/aromatic N) is 4. The topological polar surface area (TPSA) is 84.5 Å². The number of aryl methyl sites for hydroxylation is 1. The lowest BCUT2D eigenvalue weighted by atomic mass is 10.0. The van der Waals surface area contributed by atoms with E-state index in [1.54, 1.807) is 12.1 Å². The number of nitrogens with two attached hydrogens (primary N) is 1. The number of carbonyl (C=O) groups is 2. The largest absolute Gasteiger partial charge is 0.366 e. The summed E-state index contributed by atoms with van der Waals surface area (Å²) in [7, 11) is 1.96. The maximum atomic E-state index is 12.9. The second-order valence-corrected chi connectivity index (χ2v) is 7.52. The minimum atomic E-state index is -0.538. The van der Waals surface area contributed by atoms with Gasteiger partial charge in [0.15, 0.2) is 0 Å². The minimum absolute atomic E-state index is 0.0547. The average molecular weight is 367 g/mol. The van der Waals surface area contributed by atoms with Crippen LogP contribution in [-0.4, -0.2) is 50.5 Å². The molecule has 7 nitrogen and oxygen atoms in total. The predicted molar refractivity (Wildman–Crippen MR) is 101 cm³/mol. The zero-order valence-corrected chi connectivity index (χ0v) is 15.8. The summed E-state index contributed by atoms with van der Waals surface area (Å²) in [6, 6.07) is 5.56. The number of likely N-dealkylation sites (tertiary alicyclic amines) is 1. The number of hydrogen-bond donors (Lipinski definition) is 1. The molecule has 3 heterocycles. The number of hydrogen-bond acceptors (Lipinski definition) is 4. The maximum Gasteiger partial charge on any atom is 0.255 e. The van der Waals surface area contributed by atoms with Gasteiger partial charge in [0, 0.05) is 50.5 Å². The Labute approximate surface area is 158 Å². The number of amides is 2. The minimum Gasteiger partial charge on any atom is -0.366 e. The van der Waals surface area contributed by atoms with Gasteiger partial charge in [0.05, 0.1) is 17.3 Å². The smallest absolute Gasteiger partial charge is 0.255 e. The Morgan fingerprint density at radius 1 is 1.30 bits per heavy atom. The molecule has 1 aromatic heterocycles. The van der Waals surface area contributed by atoms with Gasteiger partial charge in [-0.2, -0.15) is 5.10 Å². The summed E-state index contributed by atoms with van der Waals surface area (Å²) in [6.45, 7) is 5.45. The van der Waals surface area contributed by atoms with Crippen LogP contribution in [0.5, 0.6) is 0 Å². The Morgan fingerprint density at radius 2 is 2.04 bits per heavy atom. The van der Waals surface area contributed by atoms with Crippen molar-refractivity contribution in [3.8, 4) is 0 Å². The highest BCUT2D eigenvalue weighted by Crippen LogP contribution is 2.31. The molecule has 2 aliphatic heterocycles. The Balaban J connectivity index is 1.42. The molecule has 0 unspecified atom stereocenters. The summed E-state index contributed by atoms with van der Waals surface area (Å²) in [6.07, 6.45) is 3.81. The van der Waals surface area contributed by atoms with Crippen molar-refractivity contribution < 1.29 is 9.59 Å². The standard InChI is InChI=1S/C20H25N5O2/c1-13-15(10-22-23(13)2)11-24-8-6-16(7-9-24)25-12-14-4-3-5-17(19(21)26)18(14)20(25)27/h3-5,10,16H,6-9,11-12H2,1-2H3,(H2,21,26). The first kappa shape index (κ1) is 17.7. The summed E-state index contributed by atoms with van der Waals surface area (Å²) in [5.41, 5.74) is 9.65. The van der Waals surface area contributed by atoms with Crippen molar-refractivity contribution in [1.82, 2.24) is 19.6 Å². The van der Waals surface area contributed by atoms with Gasteiger partial charge < -0.3 is 10.6 Å². The maximum absolute atomic E-state index is 12.9. The predicted octanol–water partition coefficient (Wildman–Crippen LogP) is 1.45. The normalized spacial score (nSPS) is 18.1. The van der Waals surface area contributed by atoms with Gasteiger partial charge in [0.2, 0.25) is 5.91 Å². The first-order chi connectivity index (χ1) is 13.0. The van der Waals surface area contributed by atoms with E-state index in [4.69, 9.17) is 5.73 Å². The quantitative estimate of drug-likeness (QED) is 0.886. The molecule has 0 spiro atoms. The summed E-state index contributed by atoms with van der Waals surface area (Å²) >= 11 is 0. The summed E-state index contributed by atoms with van der Waals surface area (Å²) in [5.74, 6) is -0.593. The number of piperidine rings is 1. The van der Waals surface area contributed by atoms with Gasteiger partial charge in [-0.1, -0.05) is 12.1 Å². The molecule has 1 fully saturated rings. The fourth-order valence-electron chi connectivity index (χ4n) is 4.21. The SMILES string of the molecule is Cc1c(CN2CCC(N3Cc4cccc(C(N)=O)c4C3=O)CC2)cnn1C. The Morgan fingerprint density at radius 3 is 2.67 bits per heavy atom. The zero-order valence-electron chi connectivity index (χ0n) is 15.8. The molecule has 2 aliphatic rings. The molecule has 142 valence electrons. The van der Waals surface area contributed by atoms with E-state index in [1.807, 2.05) is 28.9 Å². The van der Waals surface area contributed by atoms with Gasteiger partial charge in [-0.05, 0) is 31.4 Å². The van der Waals surface area contributed by atoms with Crippen LogP contribution in [-0.2, 0) is 20.1 Å². The van der Waals surface area contributed by atoms with E-state index in [0.717, 1.165) is 38.0 Å². The molecule has 0 saturated carbocycles. The van der Waals surface area contributed by atoms with E-state index in [2.05, 4.69) is 16.9 Å². The molecule has 1 aromatic carbocycles. The summed E-state index contributed by atoms with van der Waals surface area (Å²) in [5, 5.41) is 4.31. The third kappa shape index (κ3) is 3.12. The van der Waals surface area contributed by atoms with E-state index < -0.39 is 5.91 Å². The fourth-order valence-corrected chi connectivity index (χ4v) is 4.21. The third-order valence-electron chi connectivity index (χ3n) is 5.96. The zero-order chi connectivity index (χ0) is 19.1. The van der Waals surface area contributed by atoms with E-state index in [-0.39, 0.29) is 11.9 Å². The molecular formula is C20H25N5O2. The molecule has 4 rings (SSSR count). The number of aromatic nitrogens is 2. The molecule has 2 amide bonds. The van der Waals surface area contributed by atoms with Gasteiger partial charge in [-0.25, -0.2) is 0 Å². The van der Waals surface area contributed by atoms with Crippen LogP contribution in [0.25, 0.3) is 0 Å². The van der Waals surface area contributed by atoms with Gasteiger partial charge in [-0.15, -0.1) is 0 Å². The van der Waals surface area contributed by atoms with E-state index in [1.165, 1.54) is 11.3 Å². The van der Waals surface area contributed by atoms with Crippen LogP contribution < -0.4 is 5.73 Å². The van der Waals surface area contributed by atoms with Crippen LogP contribution in [0, 0.1) is 6.92 Å². The van der Waals surface area contributed by atoms with Crippen LogP contribution in [0.4, 0.5) is 0 Å². The van der Waals surface area contributed by atoms with E-state index >= 15 is 0 Å². The van der Waals surface area contributed by atoms with Crippen LogP contribution in [0.1, 0.15) is 50.4 Å². The van der Waals surface area contributed by atoms with Crippen molar-refractivity contribution in [3.63, 3.8) is 0 Å². The monoisotopic (exact) mass is 367 g/mol. The number of primary amides is 1. The lowest BCUT2D eigenvalue weighted by molar-refractivity contribution is 0.0588. The van der Waals surface area contributed by atoms with Crippen LogP contribution in [0.15, 0.2) is 24.4 Å². The van der Waals surface area contributed by atoms with Gasteiger partial charge in [0.1, 0.15) is 0 Å². The molecule has 0 atom stereocenters. The molecular weight excluding hydrogens is 342 g/mol. The highest BCUT2D eigenvalue weighted by molar-refractivity contribution is 6.09. The first-order valence-corrected chi connectivity index (χ1v) is 9.38. The lowest BCUT2D eigenvalue weighted by Gasteiger charge is -2.36. The third-order valence-corrected chi connectivity index (χ3v) is 5.96. The molecule has 0 bridgehead atoms. The van der Waals surface area contributed by atoms with Gasteiger partial charge >= 0.3 is 0 Å². The molecule has 27 heavy (non-hydrogen) atoms. The highest BCUT2D eigenvalue weighted by Gasteiger charge is 2.36. The summed E-state index contributed by atoms with van der Waals surface area (Å²) in [4.78, 5) is 28.9. The second kappa shape index (κ2) is 6.81. The number of rotatable bonds is 4. The van der Waals surface area contributed by atoms with Crippen LogP contribution in [0.3, 0.4) is 0 Å². The second-order valence-electron chi connectivity index (χ2n) is 7.52.